The van der Waals surface area contributed by atoms with Gasteiger partial charge in [0.25, 0.3) is 0 Å². The summed E-state index contributed by atoms with van der Waals surface area (Å²) in [6.45, 7) is 8.95. The van der Waals surface area contributed by atoms with Gasteiger partial charge in [0.15, 0.2) is 6.10 Å². The molecule has 6 nitrogen and oxygen atoms in total. The second-order valence-corrected chi connectivity index (χ2v) is 15.8. The molecule has 0 saturated carbocycles. The molecular formula is C45H86O6. The van der Waals surface area contributed by atoms with Gasteiger partial charge in [-0.05, 0) is 25.2 Å². The Morgan fingerprint density at radius 3 is 0.961 bits per heavy atom. The van der Waals surface area contributed by atoms with Gasteiger partial charge in [-0.15, -0.1) is 0 Å². The highest BCUT2D eigenvalue weighted by Gasteiger charge is 2.19. The van der Waals surface area contributed by atoms with Crippen LogP contribution in [-0.2, 0) is 28.6 Å². The van der Waals surface area contributed by atoms with Crippen LogP contribution in [0.15, 0.2) is 0 Å². The highest BCUT2D eigenvalue weighted by molar-refractivity contribution is 5.71. The van der Waals surface area contributed by atoms with Crippen LogP contribution < -0.4 is 0 Å². The van der Waals surface area contributed by atoms with Gasteiger partial charge >= 0.3 is 17.9 Å². The van der Waals surface area contributed by atoms with Gasteiger partial charge in [0.2, 0.25) is 0 Å². The number of hydrogen-bond donors (Lipinski definition) is 0. The van der Waals surface area contributed by atoms with Crippen molar-refractivity contribution >= 4 is 17.9 Å². The maximum Gasteiger partial charge on any atom is 0.306 e. The number of esters is 3. The molecule has 0 rings (SSSR count). The molecule has 0 aromatic heterocycles. The van der Waals surface area contributed by atoms with Crippen LogP contribution in [0.1, 0.15) is 246 Å². The smallest absolute Gasteiger partial charge is 0.306 e. The fraction of sp³-hybridized carbons (Fsp3) is 0.933. The molecule has 302 valence electrons. The van der Waals surface area contributed by atoms with E-state index in [-0.39, 0.29) is 31.1 Å². The Hall–Kier alpha value is -1.59. The zero-order valence-corrected chi connectivity index (χ0v) is 34.6. The van der Waals surface area contributed by atoms with Gasteiger partial charge in [0.05, 0.1) is 0 Å². The lowest BCUT2D eigenvalue weighted by Crippen LogP contribution is -2.30. The van der Waals surface area contributed by atoms with E-state index in [0.717, 1.165) is 63.7 Å². The largest absolute Gasteiger partial charge is 0.462 e. The van der Waals surface area contributed by atoms with E-state index >= 15 is 0 Å². The Labute approximate surface area is 317 Å². The Kier molecular flexibility index (Phi) is 38.4. The quantitative estimate of drug-likeness (QED) is 0.0356. The van der Waals surface area contributed by atoms with E-state index in [2.05, 4.69) is 27.7 Å². The van der Waals surface area contributed by atoms with E-state index in [1.54, 1.807) is 0 Å². The maximum absolute atomic E-state index is 12.6. The summed E-state index contributed by atoms with van der Waals surface area (Å²) in [6.07, 6.45) is 38.2. The first-order chi connectivity index (χ1) is 24.9. The Bertz CT molecular complexity index is 766. The minimum absolute atomic E-state index is 0.0644. The average Bonchev–Trinajstić information content (AvgIpc) is 3.11. The van der Waals surface area contributed by atoms with Crippen molar-refractivity contribution in [1.82, 2.24) is 0 Å². The van der Waals surface area contributed by atoms with Gasteiger partial charge in [-0.1, -0.05) is 207 Å². The third-order valence-electron chi connectivity index (χ3n) is 10.0. The van der Waals surface area contributed by atoms with Crippen LogP contribution in [-0.4, -0.2) is 37.2 Å². The lowest BCUT2D eigenvalue weighted by molar-refractivity contribution is -0.167. The molecule has 0 bridgehead atoms. The van der Waals surface area contributed by atoms with E-state index in [1.807, 2.05) is 0 Å². The van der Waals surface area contributed by atoms with Crippen LogP contribution in [0.25, 0.3) is 0 Å². The van der Waals surface area contributed by atoms with Crippen LogP contribution in [0.5, 0.6) is 0 Å². The van der Waals surface area contributed by atoms with Crippen molar-refractivity contribution in [2.75, 3.05) is 13.2 Å². The zero-order chi connectivity index (χ0) is 37.5. The van der Waals surface area contributed by atoms with Crippen molar-refractivity contribution in [2.24, 2.45) is 5.92 Å². The number of carbonyl (C=O) groups excluding carboxylic acids is 3. The monoisotopic (exact) mass is 723 g/mol. The molecule has 0 unspecified atom stereocenters. The van der Waals surface area contributed by atoms with Crippen LogP contribution in [0.4, 0.5) is 0 Å². The van der Waals surface area contributed by atoms with Gasteiger partial charge in [0, 0.05) is 19.3 Å². The molecule has 51 heavy (non-hydrogen) atoms. The second-order valence-electron chi connectivity index (χ2n) is 15.8. The summed E-state index contributed by atoms with van der Waals surface area (Å²) >= 11 is 0. The summed E-state index contributed by atoms with van der Waals surface area (Å²) < 4.78 is 16.6. The molecule has 0 fully saturated rings. The average molecular weight is 723 g/mol. The molecule has 0 aliphatic carbocycles. The number of hydrogen-bond acceptors (Lipinski definition) is 6. The summed E-state index contributed by atoms with van der Waals surface area (Å²) in [5.41, 5.74) is 0. The molecule has 0 aromatic rings. The standard InChI is InChI=1S/C45H86O6/c1-5-7-9-11-13-20-25-28-32-36-43(46)49-39-42(51-45(48)38-34-30-23-12-10-8-6-2)40-50-44(47)37-33-29-26-22-19-17-15-14-16-18-21-24-27-31-35-41(3)4/h41-42H,5-40H2,1-4H3/t42-/m1/s1. The highest BCUT2D eigenvalue weighted by atomic mass is 16.6. The lowest BCUT2D eigenvalue weighted by Gasteiger charge is -2.18. The fourth-order valence-corrected chi connectivity index (χ4v) is 6.63. The molecule has 0 N–H and O–H groups in total. The van der Waals surface area contributed by atoms with Crippen LogP contribution in [0.3, 0.4) is 0 Å². The second kappa shape index (κ2) is 39.6. The zero-order valence-electron chi connectivity index (χ0n) is 34.6. The molecule has 0 aliphatic rings. The summed E-state index contributed by atoms with van der Waals surface area (Å²) in [4.78, 5) is 37.5. The number of unbranched alkanes of at least 4 members (excludes halogenated alkanes) is 27. The van der Waals surface area contributed by atoms with Crippen molar-refractivity contribution < 1.29 is 28.6 Å². The van der Waals surface area contributed by atoms with Crippen molar-refractivity contribution in [3.63, 3.8) is 0 Å². The fourth-order valence-electron chi connectivity index (χ4n) is 6.63. The van der Waals surface area contributed by atoms with Gasteiger partial charge in [-0.25, -0.2) is 0 Å². The van der Waals surface area contributed by atoms with Crippen molar-refractivity contribution in [2.45, 2.75) is 252 Å². The van der Waals surface area contributed by atoms with Gasteiger partial charge in [-0.2, -0.15) is 0 Å². The van der Waals surface area contributed by atoms with Crippen molar-refractivity contribution in [3.05, 3.63) is 0 Å². The molecule has 0 aliphatic heterocycles. The molecule has 0 amide bonds. The Balaban J connectivity index is 4.17. The molecule has 0 aromatic carbocycles. The molecule has 0 saturated heterocycles. The first kappa shape index (κ1) is 49.4. The van der Waals surface area contributed by atoms with E-state index in [4.69, 9.17) is 14.2 Å². The molecular weight excluding hydrogens is 636 g/mol. The minimum Gasteiger partial charge on any atom is -0.462 e. The minimum atomic E-state index is -0.757. The topological polar surface area (TPSA) is 78.9 Å². The van der Waals surface area contributed by atoms with Crippen molar-refractivity contribution in [1.29, 1.82) is 0 Å². The Morgan fingerprint density at radius 2 is 0.647 bits per heavy atom. The predicted molar refractivity (Wildman–Crippen MR) is 215 cm³/mol. The highest BCUT2D eigenvalue weighted by Crippen LogP contribution is 2.16. The van der Waals surface area contributed by atoms with Gasteiger partial charge < -0.3 is 14.2 Å². The SMILES string of the molecule is CCCCCCCCCCCC(=O)OC[C@H](COC(=O)CCCCCCCCCCCCCCCCC(C)C)OC(=O)CCCCCCCCC. The summed E-state index contributed by atoms with van der Waals surface area (Å²) in [6, 6.07) is 0. The van der Waals surface area contributed by atoms with E-state index in [9.17, 15) is 14.4 Å². The third-order valence-corrected chi connectivity index (χ3v) is 10.0. The molecule has 0 spiro atoms. The molecule has 1 atom stereocenters. The number of rotatable bonds is 40. The van der Waals surface area contributed by atoms with E-state index in [0.29, 0.717) is 19.3 Å². The third kappa shape index (κ3) is 39.5. The lowest BCUT2D eigenvalue weighted by atomic mass is 10.0. The Morgan fingerprint density at radius 1 is 0.373 bits per heavy atom. The predicted octanol–water partition coefficient (Wildman–Crippen LogP) is 13.9. The summed E-state index contributed by atoms with van der Waals surface area (Å²) in [5.74, 6) is -0.0195. The van der Waals surface area contributed by atoms with Crippen molar-refractivity contribution in [3.8, 4) is 0 Å². The summed E-state index contributed by atoms with van der Waals surface area (Å²) in [7, 11) is 0. The van der Waals surface area contributed by atoms with Gasteiger partial charge in [0.1, 0.15) is 13.2 Å². The van der Waals surface area contributed by atoms with Crippen LogP contribution >= 0.6 is 0 Å². The molecule has 0 radical (unpaired) electrons. The number of carbonyl (C=O) groups is 3. The molecule has 6 heteroatoms. The first-order valence-electron chi connectivity index (χ1n) is 22.4. The van der Waals surface area contributed by atoms with Crippen LogP contribution in [0, 0.1) is 5.92 Å². The first-order valence-corrected chi connectivity index (χ1v) is 22.4. The van der Waals surface area contributed by atoms with E-state index in [1.165, 1.54) is 141 Å². The maximum atomic E-state index is 12.6. The normalized spacial score (nSPS) is 11.9. The van der Waals surface area contributed by atoms with Crippen LogP contribution in [0.2, 0.25) is 0 Å². The van der Waals surface area contributed by atoms with Gasteiger partial charge in [-0.3, -0.25) is 14.4 Å². The summed E-state index contributed by atoms with van der Waals surface area (Å²) in [5, 5.41) is 0. The number of ether oxygens (including phenoxy) is 3. The molecule has 0 heterocycles. The van der Waals surface area contributed by atoms with E-state index < -0.39 is 6.10 Å².